The van der Waals surface area contributed by atoms with Gasteiger partial charge in [0.25, 0.3) is 0 Å². The number of methoxy groups -OCH3 is 1. The number of nitrogens with one attached hydrogen (secondary N) is 1. The highest BCUT2D eigenvalue weighted by Gasteiger charge is 2.21. The van der Waals surface area contributed by atoms with Gasteiger partial charge in [0.1, 0.15) is 11.5 Å². The molecule has 160 valence electrons. The van der Waals surface area contributed by atoms with Gasteiger partial charge in [0, 0.05) is 56.9 Å². The lowest BCUT2D eigenvalue weighted by Gasteiger charge is -2.38. The average Bonchev–Trinajstić information content (AvgIpc) is 3.07. The van der Waals surface area contributed by atoms with Crippen LogP contribution in [0.25, 0.3) is 0 Å². The summed E-state index contributed by atoms with van der Waals surface area (Å²) in [7, 11) is 3.54. The van der Waals surface area contributed by atoms with Gasteiger partial charge >= 0.3 is 0 Å². The van der Waals surface area contributed by atoms with Crippen molar-refractivity contribution in [3.8, 4) is 5.75 Å². The van der Waals surface area contributed by atoms with Crippen LogP contribution < -0.4 is 15.0 Å². The van der Waals surface area contributed by atoms with E-state index in [1.807, 2.05) is 33.0 Å². The number of aliphatic imine (C=N–C) groups is 1. The second-order valence-corrected chi connectivity index (χ2v) is 7.24. The normalized spacial score (nSPS) is 15.7. The number of ether oxygens (including phenoxy) is 1. The summed E-state index contributed by atoms with van der Waals surface area (Å²) in [6, 6.07) is 8.26. The minimum Gasteiger partial charge on any atom is -0.497 e. The Morgan fingerprint density at radius 1 is 1.21 bits per heavy atom. The topological polar surface area (TPSA) is 66.1 Å². The summed E-state index contributed by atoms with van der Waals surface area (Å²) in [5, 5.41) is 7.59. The number of aryl methyl sites for hydroxylation is 2. The maximum Gasteiger partial charge on any atom is 0.193 e. The monoisotopic (exact) mass is 513 g/mol. The van der Waals surface area contributed by atoms with Crippen molar-refractivity contribution < 1.29 is 9.26 Å². The van der Waals surface area contributed by atoms with E-state index >= 15 is 0 Å². The second-order valence-electron chi connectivity index (χ2n) is 7.24. The number of benzene rings is 1. The summed E-state index contributed by atoms with van der Waals surface area (Å²) < 4.78 is 10.5. The zero-order valence-electron chi connectivity index (χ0n) is 17.9. The minimum absolute atomic E-state index is 0. The number of anilines is 1. The van der Waals surface area contributed by atoms with Crippen molar-refractivity contribution in [1.29, 1.82) is 0 Å². The van der Waals surface area contributed by atoms with Crippen LogP contribution in [0.5, 0.6) is 5.75 Å². The molecule has 3 rings (SSSR count). The summed E-state index contributed by atoms with van der Waals surface area (Å²) in [5.41, 5.74) is 3.39. The molecule has 1 aliphatic heterocycles. The van der Waals surface area contributed by atoms with E-state index in [1.54, 1.807) is 7.11 Å². The van der Waals surface area contributed by atoms with Crippen LogP contribution in [0, 0.1) is 13.8 Å². The molecule has 0 spiro atoms. The van der Waals surface area contributed by atoms with Crippen molar-refractivity contribution in [2.45, 2.75) is 26.7 Å². The highest BCUT2D eigenvalue weighted by molar-refractivity contribution is 14.0. The Labute approximate surface area is 190 Å². The van der Waals surface area contributed by atoms with Gasteiger partial charge in [-0.3, -0.25) is 4.99 Å². The SMILES string of the molecule is CN=C(NCC(C)c1c(C)noc1C)N1CCN(c2ccc(OC)cc2)CC1.I. The molecular weight excluding hydrogens is 481 g/mol. The first-order chi connectivity index (χ1) is 13.5. The number of hydrogen-bond donors (Lipinski definition) is 1. The van der Waals surface area contributed by atoms with E-state index in [4.69, 9.17) is 9.26 Å². The zero-order chi connectivity index (χ0) is 20.1. The van der Waals surface area contributed by atoms with E-state index < -0.39 is 0 Å². The van der Waals surface area contributed by atoms with Crippen LogP contribution in [0.2, 0.25) is 0 Å². The largest absolute Gasteiger partial charge is 0.497 e. The van der Waals surface area contributed by atoms with E-state index in [0.717, 1.165) is 55.9 Å². The molecule has 0 radical (unpaired) electrons. The molecular formula is C21H32IN5O2. The lowest BCUT2D eigenvalue weighted by Crippen LogP contribution is -2.53. The Morgan fingerprint density at radius 3 is 2.38 bits per heavy atom. The fourth-order valence-electron chi connectivity index (χ4n) is 3.84. The van der Waals surface area contributed by atoms with Gasteiger partial charge in [0.15, 0.2) is 5.96 Å². The Morgan fingerprint density at radius 2 is 1.86 bits per heavy atom. The van der Waals surface area contributed by atoms with Gasteiger partial charge in [0.2, 0.25) is 0 Å². The number of guanidine groups is 1. The lowest BCUT2D eigenvalue weighted by molar-refractivity contribution is 0.371. The highest BCUT2D eigenvalue weighted by Crippen LogP contribution is 2.23. The first-order valence-electron chi connectivity index (χ1n) is 9.80. The predicted octanol–water partition coefficient (Wildman–Crippen LogP) is 3.42. The van der Waals surface area contributed by atoms with Gasteiger partial charge in [-0.25, -0.2) is 0 Å². The van der Waals surface area contributed by atoms with Crippen LogP contribution in [0.4, 0.5) is 5.69 Å². The first-order valence-corrected chi connectivity index (χ1v) is 9.80. The van der Waals surface area contributed by atoms with Gasteiger partial charge in [-0.1, -0.05) is 12.1 Å². The zero-order valence-corrected chi connectivity index (χ0v) is 20.3. The third-order valence-corrected chi connectivity index (χ3v) is 5.38. The molecule has 2 aromatic rings. The van der Waals surface area contributed by atoms with Gasteiger partial charge in [-0.15, -0.1) is 24.0 Å². The van der Waals surface area contributed by atoms with E-state index in [-0.39, 0.29) is 24.0 Å². The van der Waals surface area contributed by atoms with E-state index in [9.17, 15) is 0 Å². The van der Waals surface area contributed by atoms with Crippen LogP contribution in [-0.2, 0) is 0 Å². The third kappa shape index (κ3) is 5.55. The molecule has 0 amide bonds. The van der Waals surface area contributed by atoms with Crippen molar-refractivity contribution in [2.75, 3.05) is 51.8 Å². The molecule has 1 N–H and O–H groups in total. The summed E-state index contributed by atoms with van der Waals surface area (Å²) in [5.74, 6) is 3.05. The van der Waals surface area contributed by atoms with Gasteiger partial charge in [0.05, 0.1) is 12.8 Å². The summed E-state index contributed by atoms with van der Waals surface area (Å²) in [6.45, 7) is 10.8. The van der Waals surface area contributed by atoms with Crippen LogP contribution in [0.1, 0.15) is 29.9 Å². The molecule has 1 aromatic carbocycles. The van der Waals surface area contributed by atoms with Crippen molar-refractivity contribution in [1.82, 2.24) is 15.4 Å². The van der Waals surface area contributed by atoms with Crippen LogP contribution >= 0.6 is 24.0 Å². The molecule has 1 aromatic heterocycles. The third-order valence-electron chi connectivity index (χ3n) is 5.38. The van der Waals surface area contributed by atoms with Crippen molar-refractivity contribution in [2.24, 2.45) is 4.99 Å². The Kier molecular flexibility index (Phi) is 8.60. The average molecular weight is 513 g/mol. The fourth-order valence-corrected chi connectivity index (χ4v) is 3.84. The molecule has 1 fully saturated rings. The van der Waals surface area contributed by atoms with Crippen LogP contribution in [0.3, 0.4) is 0 Å². The number of rotatable bonds is 5. The maximum absolute atomic E-state index is 5.30. The molecule has 1 aliphatic rings. The summed E-state index contributed by atoms with van der Waals surface area (Å²) in [4.78, 5) is 9.21. The Balaban J connectivity index is 0.00000300. The van der Waals surface area contributed by atoms with Crippen LogP contribution in [-0.4, -0.2) is 62.9 Å². The number of halogens is 1. The van der Waals surface area contributed by atoms with E-state index in [2.05, 4.69) is 44.3 Å². The molecule has 0 saturated carbocycles. The van der Waals surface area contributed by atoms with Gasteiger partial charge in [-0.05, 0) is 38.1 Å². The number of nitrogens with zero attached hydrogens (tertiary/aromatic N) is 4. The highest BCUT2D eigenvalue weighted by atomic mass is 127. The molecule has 0 aliphatic carbocycles. The Hall–Kier alpha value is -1.97. The number of hydrogen-bond acceptors (Lipinski definition) is 5. The fraction of sp³-hybridized carbons (Fsp3) is 0.524. The van der Waals surface area contributed by atoms with E-state index in [1.165, 1.54) is 11.3 Å². The minimum atomic E-state index is 0. The molecule has 1 unspecified atom stereocenters. The molecule has 1 saturated heterocycles. The predicted molar refractivity (Wildman–Crippen MR) is 128 cm³/mol. The van der Waals surface area contributed by atoms with Crippen molar-refractivity contribution >= 4 is 35.6 Å². The Bertz CT molecular complexity index is 778. The summed E-state index contributed by atoms with van der Waals surface area (Å²) in [6.07, 6.45) is 0. The first kappa shape index (κ1) is 23.3. The molecule has 0 bridgehead atoms. The number of aromatic nitrogens is 1. The number of piperazine rings is 1. The molecule has 2 heterocycles. The molecule has 29 heavy (non-hydrogen) atoms. The summed E-state index contributed by atoms with van der Waals surface area (Å²) >= 11 is 0. The quantitative estimate of drug-likeness (QED) is 0.376. The van der Waals surface area contributed by atoms with Gasteiger partial charge < -0.3 is 24.4 Å². The smallest absolute Gasteiger partial charge is 0.193 e. The second kappa shape index (κ2) is 10.7. The van der Waals surface area contributed by atoms with Crippen molar-refractivity contribution in [3.05, 3.63) is 41.3 Å². The van der Waals surface area contributed by atoms with Crippen molar-refractivity contribution in [3.63, 3.8) is 0 Å². The molecule has 7 nitrogen and oxygen atoms in total. The molecule has 8 heteroatoms. The van der Waals surface area contributed by atoms with Gasteiger partial charge in [-0.2, -0.15) is 0 Å². The van der Waals surface area contributed by atoms with Crippen LogP contribution in [0.15, 0.2) is 33.8 Å². The standard InChI is InChI=1S/C21H31N5O2.HI/c1-15(20-16(2)24-28-17(20)3)14-23-21(22-4)26-12-10-25(11-13-26)18-6-8-19(27-5)9-7-18;/h6-9,15H,10-14H2,1-5H3,(H,22,23);1H. The molecule has 1 atom stereocenters. The maximum atomic E-state index is 5.30. The lowest BCUT2D eigenvalue weighted by atomic mass is 10.00. The van der Waals surface area contributed by atoms with E-state index in [0.29, 0.717) is 5.92 Å².